The first-order valence-electron chi connectivity index (χ1n) is 12.8. The molecule has 11 heteroatoms. The Morgan fingerprint density at radius 3 is 2.20 bits per heavy atom. The van der Waals surface area contributed by atoms with Crippen molar-refractivity contribution in [1.29, 1.82) is 0 Å². The smallest absolute Gasteiger partial charge is 0.377 e. The molecule has 1 saturated heterocycles. The van der Waals surface area contributed by atoms with Gasteiger partial charge in [0.2, 0.25) is 5.91 Å². The van der Waals surface area contributed by atoms with Gasteiger partial charge in [0.1, 0.15) is 5.82 Å². The number of halogens is 7. The summed E-state index contributed by atoms with van der Waals surface area (Å²) >= 11 is 0. The molecule has 0 aromatic heterocycles. The van der Waals surface area contributed by atoms with E-state index in [1.165, 1.54) is 19.1 Å². The third-order valence-corrected chi connectivity index (χ3v) is 7.69. The molecule has 4 atom stereocenters. The second-order valence-electron chi connectivity index (χ2n) is 10.2. The third kappa shape index (κ3) is 5.81. The first-order chi connectivity index (χ1) is 18.8. The summed E-state index contributed by atoms with van der Waals surface area (Å²) in [4.78, 5) is 14.8. The van der Waals surface area contributed by atoms with E-state index in [1.54, 1.807) is 23.1 Å². The maximum absolute atomic E-state index is 13.8. The number of ether oxygens (including phenoxy) is 2. The highest BCUT2D eigenvalue weighted by atomic mass is 19.4. The molecule has 2 aromatic rings. The van der Waals surface area contributed by atoms with Gasteiger partial charge in [0.25, 0.3) is 0 Å². The Morgan fingerprint density at radius 1 is 0.975 bits per heavy atom. The summed E-state index contributed by atoms with van der Waals surface area (Å²) in [6.07, 6.45) is -7.34. The predicted octanol–water partition coefficient (Wildman–Crippen LogP) is 6.98. The van der Waals surface area contributed by atoms with Crippen LogP contribution in [0.1, 0.15) is 54.0 Å². The lowest BCUT2D eigenvalue weighted by molar-refractivity contribution is -0.143. The molecular weight excluding hydrogens is 543 g/mol. The summed E-state index contributed by atoms with van der Waals surface area (Å²) in [5.41, 5.74) is -0.647. The van der Waals surface area contributed by atoms with Crippen molar-refractivity contribution in [2.45, 2.75) is 56.3 Å². The van der Waals surface area contributed by atoms with E-state index in [2.05, 4.69) is 0 Å². The number of benzene rings is 2. The van der Waals surface area contributed by atoms with Gasteiger partial charge >= 0.3 is 12.4 Å². The van der Waals surface area contributed by atoms with Crippen LogP contribution in [0, 0.1) is 5.82 Å². The molecule has 0 aliphatic carbocycles. The molecule has 214 valence electrons. The molecule has 0 spiro atoms. The molecule has 0 bridgehead atoms. The number of nitrogens with zero attached hydrogens (tertiary/aromatic N) is 1. The average Bonchev–Trinajstić information content (AvgIpc) is 3.26. The van der Waals surface area contributed by atoms with Gasteiger partial charge < -0.3 is 14.4 Å². The van der Waals surface area contributed by atoms with Crippen LogP contribution in [-0.2, 0) is 26.6 Å². The number of hydrogen-bond donors (Lipinski definition) is 0. The lowest BCUT2D eigenvalue weighted by Gasteiger charge is -2.34. The van der Waals surface area contributed by atoms with Crippen molar-refractivity contribution in [3.63, 3.8) is 0 Å². The molecule has 1 amide bonds. The monoisotopic (exact) mass is 569 g/mol. The van der Waals surface area contributed by atoms with Gasteiger partial charge in [-0.15, -0.1) is 0 Å². The maximum Gasteiger partial charge on any atom is 0.416 e. The van der Waals surface area contributed by atoms with Crippen molar-refractivity contribution in [1.82, 2.24) is 4.90 Å². The van der Waals surface area contributed by atoms with Gasteiger partial charge in [0.15, 0.2) is 0 Å². The second-order valence-corrected chi connectivity index (χ2v) is 10.2. The Kier molecular flexibility index (Phi) is 7.56. The van der Waals surface area contributed by atoms with E-state index < -0.39 is 53.5 Å². The summed E-state index contributed by atoms with van der Waals surface area (Å²) in [5, 5.41) is 0. The van der Waals surface area contributed by atoms with Gasteiger partial charge in [-0.2, -0.15) is 26.3 Å². The van der Waals surface area contributed by atoms with Crippen molar-refractivity contribution in [3.8, 4) is 0 Å². The number of hydrogen-bond acceptors (Lipinski definition) is 3. The van der Waals surface area contributed by atoms with E-state index in [9.17, 15) is 35.5 Å². The summed E-state index contributed by atoms with van der Waals surface area (Å²) in [6, 6.07) is 6.64. The molecular formula is C29H26F7NO3. The van der Waals surface area contributed by atoms with Crippen LogP contribution in [-0.4, -0.2) is 42.7 Å². The Labute approximate surface area is 226 Å². The first kappa shape index (κ1) is 28.4. The molecule has 5 rings (SSSR count). The van der Waals surface area contributed by atoms with E-state index in [-0.39, 0.29) is 24.1 Å². The highest BCUT2D eigenvalue weighted by molar-refractivity contribution is 5.91. The Hall–Kier alpha value is -3.18. The number of carbonyl (C=O) groups excluding carboxylic acids is 1. The van der Waals surface area contributed by atoms with Crippen LogP contribution < -0.4 is 0 Å². The Balaban J connectivity index is 1.48. The lowest BCUT2D eigenvalue weighted by atomic mass is 9.82. The van der Waals surface area contributed by atoms with Crippen LogP contribution in [0.5, 0.6) is 0 Å². The molecule has 1 fully saturated rings. The average molecular weight is 570 g/mol. The van der Waals surface area contributed by atoms with Crippen LogP contribution >= 0.6 is 0 Å². The zero-order valence-electron chi connectivity index (χ0n) is 21.4. The molecule has 3 aliphatic heterocycles. The zero-order valence-corrected chi connectivity index (χ0v) is 21.4. The second kappa shape index (κ2) is 10.7. The molecule has 2 aromatic carbocycles. The van der Waals surface area contributed by atoms with Gasteiger partial charge in [-0.1, -0.05) is 18.2 Å². The molecule has 3 heterocycles. The van der Waals surface area contributed by atoms with Gasteiger partial charge in [0.05, 0.1) is 36.5 Å². The Bertz CT molecular complexity index is 1300. The number of amides is 1. The van der Waals surface area contributed by atoms with E-state index in [0.717, 1.165) is 11.1 Å². The normalized spacial score (nSPS) is 24.4. The van der Waals surface area contributed by atoms with E-state index >= 15 is 0 Å². The molecule has 4 nitrogen and oxygen atoms in total. The molecule has 0 radical (unpaired) electrons. The maximum atomic E-state index is 13.8. The summed E-state index contributed by atoms with van der Waals surface area (Å²) in [7, 11) is 0. The fourth-order valence-corrected chi connectivity index (χ4v) is 5.74. The SMILES string of the molecule is C[C@@H](O[C@H]1CN2C(=O)C=C(C3=CCOCC3)C[C@H]2[C@@H]1c1ccc(F)cc1)c1cc(C(F)(F)F)cc(C(F)(F)F)c1. The fraction of sp³-hybridized carbons (Fsp3) is 0.414. The third-order valence-electron chi connectivity index (χ3n) is 7.69. The number of carbonyl (C=O) groups is 1. The topological polar surface area (TPSA) is 38.8 Å². The number of rotatable bonds is 5. The first-order valence-corrected chi connectivity index (χ1v) is 12.8. The molecule has 0 saturated carbocycles. The van der Waals surface area contributed by atoms with Gasteiger partial charge in [-0.3, -0.25) is 4.79 Å². The zero-order chi connectivity index (χ0) is 28.8. The van der Waals surface area contributed by atoms with E-state index in [1.807, 2.05) is 6.08 Å². The quantitative estimate of drug-likeness (QED) is 0.365. The standard InChI is InChI=1S/C29H26F7NO3/c1-16(19-10-21(28(31,32)33)14-22(11-19)29(34,35)36)40-25-15-37-24(27(25)18-2-4-23(30)5-3-18)12-20(13-26(37)38)17-6-8-39-9-7-17/h2-6,10-11,13-14,16,24-25,27H,7-9,12,15H2,1H3/t16-,24+,25+,27+/m1/s1. The fourth-order valence-electron chi connectivity index (χ4n) is 5.74. The van der Waals surface area contributed by atoms with Crippen LogP contribution in [0.3, 0.4) is 0 Å². The van der Waals surface area contributed by atoms with Crippen molar-refractivity contribution in [3.05, 3.63) is 93.8 Å². The largest absolute Gasteiger partial charge is 0.416 e. The predicted molar refractivity (Wildman–Crippen MR) is 131 cm³/mol. The van der Waals surface area contributed by atoms with Gasteiger partial charge in [-0.05, 0) is 72.4 Å². The van der Waals surface area contributed by atoms with Crippen molar-refractivity contribution >= 4 is 5.91 Å². The van der Waals surface area contributed by atoms with Gasteiger partial charge in [-0.25, -0.2) is 4.39 Å². The molecule has 0 N–H and O–H groups in total. The summed E-state index contributed by atoms with van der Waals surface area (Å²) in [6.45, 7) is 2.41. The van der Waals surface area contributed by atoms with Crippen molar-refractivity contribution in [2.24, 2.45) is 0 Å². The summed E-state index contributed by atoms with van der Waals surface area (Å²) in [5.74, 6) is -1.23. The minimum Gasteiger partial charge on any atom is -0.377 e. The van der Waals surface area contributed by atoms with Crippen LogP contribution in [0.25, 0.3) is 0 Å². The number of alkyl halides is 6. The highest BCUT2D eigenvalue weighted by Gasteiger charge is 2.48. The number of fused-ring (bicyclic) bond motifs is 1. The minimum absolute atomic E-state index is 0.0736. The molecule has 3 aliphatic rings. The van der Waals surface area contributed by atoms with E-state index in [0.29, 0.717) is 43.8 Å². The summed E-state index contributed by atoms with van der Waals surface area (Å²) < 4.78 is 106. The van der Waals surface area contributed by atoms with Crippen LogP contribution in [0.4, 0.5) is 30.7 Å². The highest BCUT2D eigenvalue weighted by Crippen LogP contribution is 2.45. The Morgan fingerprint density at radius 2 is 1.62 bits per heavy atom. The van der Waals surface area contributed by atoms with Crippen LogP contribution in [0.15, 0.2) is 65.8 Å². The van der Waals surface area contributed by atoms with E-state index in [4.69, 9.17) is 9.47 Å². The van der Waals surface area contributed by atoms with Crippen LogP contribution in [0.2, 0.25) is 0 Å². The lowest BCUT2D eigenvalue weighted by Crippen LogP contribution is -2.40. The molecule has 40 heavy (non-hydrogen) atoms. The van der Waals surface area contributed by atoms with Crippen molar-refractivity contribution < 1.29 is 45.0 Å². The molecule has 0 unspecified atom stereocenters. The minimum atomic E-state index is -4.99. The van der Waals surface area contributed by atoms with Gasteiger partial charge in [0, 0.05) is 24.6 Å². The van der Waals surface area contributed by atoms with Crippen molar-refractivity contribution in [2.75, 3.05) is 19.8 Å².